The molecule has 0 aliphatic carbocycles. The molecule has 0 unspecified atom stereocenters. The molecule has 3 aromatic carbocycles. The van der Waals surface area contributed by atoms with Crippen molar-refractivity contribution in [3.05, 3.63) is 101 Å². The summed E-state index contributed by atoms with van der Waals surface area (Å²) in [4.78, 5) is 12.2. The van der Waals surface area contributed by atoms with E-state index in [0.29, 0.717) is 22.6 Å². The van der Waals surface area contributed by atoms with E-state index < -0.39 is 16.0 Å². The van der Waals surface area contributed by atoms with E-state index >= 15 is 0 Å². The molecule has 6 heteroatoms. The molecular weight excluding hydrogens is 410 g/mol. The fourth-order valence-corrected chi connectivity index (χ4v) is 5.03. The monoisotopic (exact) mass is 437 g/mol. The summed E-state index contributed by atoms with van der Waals surface area (Å²) in [6.07, 6.45) is 0. The second kappa shape index (κ2) is 9.90. The lowest BCUT2D eigenvalue weighted by atomic mass is 10.1. The topological polar surface area (TPSA) is 63.7 Å². The van der Waals surface area contributed by atoms with Crippen LogP contribution in [0.5, 0.6) is 0 Å². The van der Waals surface area contributed by atoms with E-state index in [4.69, 9.17) is 4.74 Å². The van der Waals surface area contributed by atoms with Gasteiger partial charge in [0.25, 0.3) is 0 Å². The Bertz CT molecular complexity index is 1140. The Morgan fingerprint density at radius 2 is 1.48 bits per heavy atom. The molecule has 162 valence electrons. The summed E-state index contributed by atoms with van der Waals surface area (Å²) in [5.41, 5.74) is 3.74. The molecule has 31 heavy (non-hydrogen) atoms. The van der Waals surface area contributed by atoms with E-state index in [1.807, 2.05) is 49.4 Å². The molecule has 5 nitrogen and oxygen atoms in total. The fraction of sp³-hybridized carbons (Fsp3) is 0.240. The highest BCUT2D eigenvalue weighted by atomic mass is 32.2. The van der Waals surface area contributed by atoms with Gasteiger partial charge in [0.05, 0.1) is 17.1 Å². The Hall–Kier alpha value is -2.96. The largest absolute Gasteiger partial charge is 0.462 e. The highest BCUT2D eigenvalue weighted by Gasteiger charge is 2.27. The Morgan fingerprint density at radius 1 is 0.871 bits per heavy atom. The van der Waals surface area contributed by atoms with Gasteiger partial charge in [0.2, 0.25) is 10.0 Å². The first-order valence-corrected chi connectivity index (χ1v) is 11.6. The number of esters is 1. The number of carbonyl (C=O) groups excluding carboxylic acids is 1. The molecule has 0 heterocycles. The third-order valence-corrected chi connectivity index (χ3v) is 6.92. The zero-order valence-corrected chi connectivity index (χ0v) is 18.9. The van der Waals surface area contributed by atoms with Gasteiger partial charge in [-0.1, -0.05) is 54.6 Å². The lowest BCUT2D eigenvalue weighted by Crippen LogP contribution is -2.31. The molecule has 0 bridgehead atoms. The Labute approximate surface area is 184 Å². The molecule has 3 rings (SSSR count). The van der Waals surface area contributed by atoms with Crippen LogP contribution in [0.2, 0.25) is 0 Å². The molecule has 0 radical (unpaired) electrons. The number of hydrogen-bond donors (Lipinski definition) is 0. The molecular formula is C25H27NO4S. The van der Waals surface area contributed by atoms with Crippen molar-refractivity contribution in [2.75, 3.05) is 6.61 Å². The summed E-state index contributed by atoms with van der Waals surface area (Å²) in [7, 11) is -3.74. The van der Waals surface area contributed by atoms with Gasteiger partial charge in [0, 0.05) is 13.1 Å². The van der Waals surface area contributed by atoms with E-state index in [1.54, 1.807) is 44.2 Å². The van der Waals surface area contributed by atoms with Crippen molar-refractivity contribution >= 4 is 16.0 Å². The molecule has 0 amide bonds. The van der Waals surface area contributed by atoms with E-state index in [2.05, 4.69) is 0 Å². The summed E-state index contributed by atoms with van der Waals surface area (Å²) in [6.45, 7) is 6.19. The minimum Gasteiger partial charge on any atom is -0.462 e. The lowest BCUT2D eigenvalue weighted by molar-refractivity contribution is 0.0526. The van der Waals surface area contributed by atoms with E-state index in [0.717, 1.165) is 16.7 Å². The Morgan fingerprint density at radius 3 is 2.10 bits per heavy atom. The third-order valence-electron chi connectivity index (χ3n) is 4.99. The van der Waals surface area contributed by atoms with Gasteiger partial charge in [-0.25, -0.2) is 13.2 Å². The standard InChI is InChI=1S/C25H27NO4S/c1-4-30-25(27)23-14-12-22(13-15-23)18-26(17-21-8-6-5-7-9-21)31(28,29)24-16-19(2)10-11-20(24)3/h5-16H,4,17-18H2,1-3H3. The van der Waals surface area contributed by atoms with Gasteiger partial charge in [-0.05, 0) is 61.2 Å². The summed E-state index contributed by atoms with van der Waals surface area (Å²) in [6, 6.07) is 21.8. The van der Waals surface area contributed by atoms with Crippen molar-refractivity contribution < 1.29 is 17.9 Å². The second-order valence-corrected chi connectivity index (χ2v) is 9.35. The van der Waals surface area contributed by atoms with Crippen LogP contribution in [0.1, 0.15) is 39.5 Å². The number of hydrogen-bond acceptors (Lipinski definition) is 4. The lowest BCUT2D eigenvalue weighted by Gasteiger charge is -2.24. The maximum absolute atomic E-state index is 13.6. The number of benzene rings is 3. The Kier molecular flexibility index (Phi) is 7.25. The van der Waals surface area contributed by atoms with E-state index in [1.165, 1.54) is 4.31 Å². The maximum Gasteiger partial charge on any atom is 0.338 e. The molecule has 0 N–H and O–H groups in total. The highest BCUT2D eigenvalue weighted by Crippen LogP contribution is 2.25. The average molecular weight is 438 g/mol. The third kappa shape index (κ3) is 5.60. The van der Waals surface area contributed by atoms with Gasteiger partial charge in [-0.2, -0.15) is 4.31 Å². The first-order valence-electron chi connectivity index (χ1n) is 10.2. The number of carbonyl (C=O) groups is 1. The predicted octanol–water partition coefficient (Wildman–Crippen LogP) is 4.87. The van der Waals surface area contributed by atoms with Crippen LogP contribution in [0.25, 0.3) is 0 Å². The number of sulfonamides is 1. The van der Waals surface area contributed by atoms with Crippen molar-refractivity contribution in [2.24, 2.45) is 0 Å². The second-order valence-electron chi connectivity index (χ2n) is 7.45. The van der Waals surface area contributed by atoms with E-state index in [9.17, 15) is 13.2 Å². The summed E-state index contributed by atoms with van der Waals surface area (Å²) >= 11 is 0. The average Bonchev–Trinajstić information content (AvgIpc) is 2.76. The van der Waals surface area contributed by atoms with Gasteiger partial charge in [0.15, 0.2) is 0 Å². The minimum absolute atomic E-state index is 0.188. The van der Waals surface area contributed by atoms with Crippen molar-refractivity contribution in [1.29, 1.82) is 0 Å². The van der Waals surface area contributed by atoms with Crippen LogP contribution in [0.15, 0.2) is 77.7 Å². The van der Waals surface area contributed by atoms with Crippen molar-refractivity contribution in [1.82, 2.24) is 4.31 Å². The molecule has 0 saturated carbocycles. The van der Waals surface area contributed by atoms with Crippen LogP contribution in [0.4, 0.5) is 0 Å². The van der Waals surface area contributed by atoms with Crippen LogP contribution in [-0.4, -0.2) is 25.3 Å². The van der Waals surface area contributed by atoms with Gasteiger partial charge < -0.3 is 4.74 Å². The summed E-state index contributed by atoms with van der Waals surface area (Å²) in [5.74, 6) is -0.391. The van der Waals surface area contributed by atoms with Crippen molar-refractivity contribution in [3.8, 4) is 0 Å². The normalized spacial score (nSPS) is 11.5. The Balaban J connectivity index is 1.95. The van der Waals surface area contributed by atoms with Crippen molar-refractivity contribution in [2.45, 2.75) is 38.8 Å². The fourth-order valence-electron chi connectivity index (χ4n) is 3.30. The maximum atomic E-state index is 13.6. The van der Waals surface area contributed by atoms with Crippen LogP contribution in [0.3, 0.4) is 0 Å². The number of aryl methyl sites for hydroxylation is 2. The van der Waals surface area contributed by atoms with Gasteiger partial charge in [-0.3, -0.25) is 0 Å². The van der Waals surface area contributed by atoms with Crippen molar-refractivity contribution in [3.63, 3.8) is 0 Å². The number of ether oxygens (including phenoxy) is 1. The van der Waals surface area contributed by atoms with Crippen LogP contribution in [0, 0.1) is 13.8 Å². The van der Waals surface area contributed by atoms with Gasteiger partial charge >= 0.3 is 5.97 Å². The predicted molar refractivity (Wildman–Crippen MR) is 121 cm³/mol. The quantitative estimate of drug-likeness (QED) is 0.472. The molecule has 0 saturated heterocycles. The summed E-state index contributed by atoms with van der Waals surface area (Å²) < 4.78 is 33.7. The zero-order chi connectivity index (χ0) is 22.4. The van der Waals surface area contributed by atoms with Crippen LogP contribution >= 0.6 is 0 Å². The number of nitrogens with zero attached hydrogens (tertiary/aromatic N) is 1. The molecule has 0 atom stereocenters. The highest BCUT2D eigenvalue weighted by molar-refractivity contribution is 7.89. The first kappa shape index (κ1) is 22.7. The zero-order valence-electron chi connectivity index (χ0n) is 18.0. The molecule has 0 aliphatic heterocycles. The first-order chi connectivity index (χ1) is 14.8. The molecule has 0 spiro atoms. The molecule has 0 aromatic heterocycles. The number of rotatable bonds is 8. The summed E-state index contributed by atoms with van der Waals surface area (Å²) in [5, 5.41) is 0. The molecule has 0 fully saturated rings. The minimum atomic E-state index is -3.74. The molecule has 3 aromatic rings. The SMILES string of the molecule is CCOC(=O)c1ccc(CN(Cc2ccccc2)S(=O)(=O)c2cc(C)ccc2C)cc1. The van der Waals surface area contributed by atoms with E-state index in [-0.39, 0.29) is 13.1 Å². The van der Waals surface area contributed by atoms with Crippen LogP contribution in [-0.2, 0) is 27.8 Å². The van der Waals surface area contributed by atoms with Crippen LogP contribution < -0.4 is 0 Å². The smallest absolute Gasteiger partial charge is 0.338 e. The van der Waals surface area contributed by atoms with Gasteiger partial charge in [0.1, 0.15) is 0 Å². The van der Waals surface area contributed by atoms with Gasteiger partial charge in [-0.15, -0.1) is 0 Å². The molecule has 0 aliphatic rings.